The smallest absolute Gasteiger partial charge is 0.255 e. The Morgan fingerprint density at radius 2 is 1.78 bits per heavy atom. The summed E-state index contributed by atoms with van der Waals surface area (Å²) < 4.78 is 1.99. The topological polar surface area (TPSA) is 95.7 Å². The van der Waals surface area contributed by atoms with Crippen LogP contribution < -0.4 is 0 Å². The van der Waals surface area contributed by atoms with Crippen molar-refractivity contribution in [2.75, 3.05) is 6.54 Å². The Morgan fingerprint density at radius 1 is 1.00 bits per heavy atom. The number of carbonyl (C=O) groups excluding carboxylic acids is 2. The number of likely N-dealkylation sites (tertiary alicyclic amines) is 1. The minimum Gasteiger partial charge on any atom is -0.382 e. The van der Waals surface area contributed by atoms with E-state index < -0.39 is 23.9 Å². The van der Waals surface area contributed by atoms with Gasteiger partial charge in [0.25, 0.3) is 5.91 Å². The summed E-state index contributed by atoms with van der Waals surface area (Å²) in [5.74, 6) is -1.20. The average molecular weight is 518 g/mol. The molecule has 1 fully saturated rings. The molecule has 7 nitrogen and oxygen atoms in total. The van der Waals surface area contributed by atoms with Crippen LogP contribution in [0.4, 0.5) is 0 Å². The fourth-order valence-electron chi connectivity index (χ4n) is 4.98. The van der Waals surface area contributed by atoms with E-state index in [-0.39, 0.29) is 12.5 Å². The maximum absolute atomic E-state index is 13.0. The van der Waals surface area contributed by atoms with Gasteiger partial charge in [-0.1, -0.05) is 48.0 Å². The number of aromatic nitrogens is 2. The summed E-state index contributed by atoms with van der Waals surface area (Å²) in [6, 6.07) is 22.6. The Hall–Kier alpha value is -3.52. The molecule has 2 heterocycles. The maximum Gasteiger partial charge on any atom is 0.255 e. The summed E-state index contributed by atoms with van der Waals surface area (Å²) in [5, 5.41) is 21.6. The average Bonchev–Trinajstić information content (AvgIpc) is 3.58. The number of nitrogens with zero attached hydrogens (tertiary/aromatic N) is 3. The molecule has 0 aliphatic carbocycles. The van der Waals surface area contributed by atoms with Gasteiger partial charge in [-0.05, 0) is 66.8 Å². The summed E-state index contributed by atoms with van der Waals surface area (Å²) in [6.07, 6.45) is 0.0923. The van der Waals surface area contributed by atoms with Crippen molar-refractivity contribution >= 4 is 34.3 Å². The van der Waals surface area contributed by atoms with Crippen molar-refractivity contribution in [3.63, 3.8) is 0 Å². The van der Waals surface area contributed by atoms with Gasteiger partial charge < -0.3 is 15.1 Å². The third-order valence-corrected chi connectivity index (χ3v) is 7.21. The van der Waals surface area contributed by atoms with E-state index in [0.717, 1.165) is 40.7 Å². The van der Waals surface area contributed by atoms with Gasteiger partial charge in [-0.15, -0.1) is 0 Å². The van der Waals surface area contributed by atoms with Gasteiger partial charge in [0.1, 0.15) is 12.4 Å². The Kier molecular flexibility index (Phi) is 7.37. The molecule has 0 saturated carbocycles. The standard InChI is InChI=1S/C29H28ClN3O4/c30-21-6-3-5-20(17-21)24-9-4-16-32(24)29(37)28(36)27(35)26(34)15-12-19-10-13-22(14-11-19)33-18-31-23-7-1-2-8-25(23)33/h1-3,5-8,10-11,13-14,17-18,24,27-28,35-36H,4,9,12,15-16H2/t24?,27-,28+/m0/s1. The van der Waals surface area contributed by atoms with Crippen molar-refractivity contribution in [1.82, 2.24) is 14.5 Å². The van der Waals surface area contributed by atoms with Gasteiger partial charge in [0.05, 0.1) is 17.1 Å². The molecule has 1 aliphatic rings. The van der Waals surface area contributed by atoms with E-state index in [9.17, 15) is 19.8 Å². The SMILES string of the molecule is O=C(CCc1ccc(-n2cnc3ccccc32)cc1)[C@H](O)[C@@H](O)C(=O)N1CCCC1c1cccc(Cl)c1. The number of hydrogen-bond donors (Lipinski definition) is 2. The van der Waals surface area contributed by atoms with Crippen molar-refractivity contribution in [1.29, 1.82) is 0 Å². The molecule has 0 bridgehead atoms. The fourth-order valence-corrected chi connectivity index (χ4v) is 5.17. The molecule has 3 atom stereocenters. The Labute approximate surface area is 219 Å². The van der Waals surface area contributed by atoms with Crippen LogP contribution in [0.5, 0.6) is 0 Å². The number of carbonyl (C=O) groups is 2. The number of rotatable bonds is 8. The zero-order valence-electron chi connectivity index (χ0n) is 20.2. The van der Waals surface area contributed by atoms with Gasteiger partial charge in [0, 0.05) is 23.7 Å². The highest BCUT2D eigenvalue weighted by Crippen LogP contribution is 2.33. The number of aliphatic hydroxyl groups is 2. The van der Waals surface area contributed by atoms with Crippen molar-refractivity contribution in [3.05, 3.63) is 95.3 Å². The molecule has 37 heavy (non-hydrogen) atoms. The van der Waals surface area contributed by atoms with Gasteiger partial charge in [-0.25, -0.2) is 4.98 Å². The molecule has 0 radical (unpaired) electrons. The molecule has 1 unspecified atom stereocenters. The number of hydrogen-bond acceptors (Lipinski definition) is 5. The monoisotopic (exact) mass is 517 g/mol. The summed E-state index contributed by atoms with van der Waals surface area (Å²) in [7, 11) is 0. The van der Waals surface area contributed by atoms with Crippen molar-refractivity contribution in [2.24, 2.45) is 0 Å². The Morgan fingerprint density at radius 3 is 2.57 bits per heavy atom. The van der Waals surface area contributed by atoms with Crippen LogP contribution in [-0.2, 0) is 16.0 Å². The summed E-state index contributed by atoms with van der Waals surface area (Å²) in [4.78, 5) is 31.6. The number of para-hydroxylation sites is 2. The first-order valence-electron chi connectivity index (χ1n) is 12.4. The first-order valence-corrected chi connectivity index (χ1v) is 12.8. The minimum absolute atomic E-state index is 0.0105. The van der Waals surface area contributed by atoms with Crippen LogP contribution in [0.25, 0.3) is 16.7 Å². The summed E-state index contributed by atoms with van der Waals surface area (Å²) >= 11 is 6.11. The molecule has 4 aromatic rings. The van der Waals surface area contributed by atoms with Crippen LogP contribution in [-0.4, -0.2) is 55.1 Å². The van der Waals surface area contributed by atoms with E-state index >= 15 is 0 Å². The zero-order valence-corrected chi connectivity index (χ0v) is 21.0. The number of Topliss-reactive ketones (excluding diaryl/α,β-unsaturated/α-hetero) is 1. The van der Waals surface area contributed by atoms with Gasteiger partial charge in [0.2, 0.25) is 0 Å². The third-order valence-electron chi connectivity index (χ3n) is 6.98. The first kappa shape index (κ1) is 25.1. The highest BCUT2D eigenvalue weighted by molar-refractivity contribution is 6.30. The van der Waals surface area contributed by atoms with E-state index in [1.165, 1.54) is 4.90 Å². The molecule has 0 spiro atoms. The molecular weight excluding hydrogens is 490 g/mol. The molecule has 1 aromatic heterocycles. The third kappa shape index (κ3) is 5.30. The van der Waals surface area contributed by atoms with E-state index in [2.05, 4.69) is 4.98 Å². The molecule has 8 heteroatoms. The molecule has 1 saturated heterocycles. The molecular formula is C29H28ClN3O4. The lowest BCUT2D eigenvalue weighted by atomic mass is 10.00. The van der Waals surface area contributed by atoms with Gasteiger partial charge >= 0.3 is 0 Å². The lowest BCUT2D eigenvalue weighted by Gasteiger charge is -2.28. The Bertz CT molecular complexity index is 1420. The number of amides is 1. The van der Waals surface area contributed by atoms with Gasteiger partial charge in [-0.2, -0.15) is 0 Å². The van der Waals surface area contributed by atoms with E-state index in [4.69, 9.17) is 11.6 Å². The van der Waals surface area contributed by atoms with Crippen LogP contribution in [0.2, 0.25) is 5.02 Å². The quantitative estimate of drug-likeness (QED) is 0.364. The van der Waals surface area contributed by atoms with Crippen molar-refractivity contribution in [2.45, 2.75) is 43.9 Å². The highest BCUT2D eigenvalue weighted by atomic mass is 35.5. The number of ketones is 1. The summed E-state index contributed by atoms with van der Waals surface area (Å²) in [6.45, 7) is 0.451. The van der Waals surface area contributed by atoms with Crippen molar-refractivity contribution < 1.29 is 19.8 Å². The van der Waals surface area contributed by atoms with E-state index in [1.807, 2.05) is 65.2 Å². The van der Waals surface area contributed by atoms with Crippen LogP contribution in [0, 0.1) is 0 Å². The number of imidazole rings is 1. The molecule has 5 rings (SSSR count). The number of benzene rings is 3. The predicted octanol–water partition coefficient (Wildman–Crippen LogP) is 4.27. The second-order valence-corrected chi connectivity index (χ2v) is 9.81. The molecule has 190 valence electrons. The number of aliphatic hydroxyl groups excluding tert-OH is 2. The van der Waals surface area contributed by atoms with Crippen LogP contribution in [0.15, 0.2) is 79.1 Å². The number of fused-ring (bicyclic) bond motifs is 1. The van der Waals surface area contributed by atoms with Crippen LogP contribution in [0.1, 0.15) is 36.4 Å². The first-order chi connectivity index (χ1) is 17.9. The maximum atomic E-state index is 13.0. The molecule has 2 N–H and O–H groups in total. The zero-order chi connectivity index (χ0) is 25.9. The minimum atomic E-state index is -1.80. The second kappa shape index (κ2) is 10.8. The van der Waals surface area contributed by atoms with Gasteiger partial charge in [0.15, 0.2) is 11.9 Å². The Balaban J connectivity index is 1.19. The van der Waals surface area contributed by atoms with Crippen molar-refractivity contribution in [3.8, 4) is 5.69 Å². The molecule has 1 amide bonds. The number of aryl methyl sites for hydroxylation is 1. The molecule has 1 aliphatic heterocycles. The van der Waals surface area contributed by atoms with Crippen LogP contribution >= 0.6 is 11.6 Å². The lowest BCUT2D eigenvalue weighted by molar-refractivity contribution is -0.153. The number of halogens is 1. The van der Waals surface area contributed by atoms with E-state index in [1.54, 1.807) is 18.5 Å². The molecule has 3 aromatic carbocycles. The highest BCUT2D eigenvalue weighted by Gasteiger charge is 2.38. The fraction of sp³-hybridized carbons (Fsp3) is 0.276. The summed E-state index contributed by atoms with van der Waals surface area (Å²) in [5.41, 5.74) is 4.65. The predicted molar refractivity (Wildman–Crippen MR) is 142 cm³/mol. The van der Waals surface area contributed by atoms with Gasteiger partial charge in [-0.3, -0.25) is 14.2 Å². The normalized spacial score (nSPS) is 17.2. The van der Waals surface area contributed by atoms with Crippen LogP contribution in [0.3, 0.4) is 0 Å². The lowest BCUT2D eigenvalue weighted by Crippen LogP contribution is -2.47. The van der Waals surface area contributed by atoms with E-state index in [0.29, 0.717) is 18.0 Å². The second-order valence-electron chi connectivity index (χ2n) is 9.37. The largest absolute Gasteiger partial charge is 0.382 e.